The summed E-state index contributed by atoms with van der Waals surface area (Å²) in [6.45, 7) is 3.89. The molecule has 0 radical (unpaired) electrons. The van der Waals surface area contributed by atoms with E-state index < -0.39 is 0 Å². The Bertz CT molecular complexity index is 558. The molecule has 5 heteroatoms. The van der Waals surface area contributed by atoms with Crippen LogP contribution in [-0.2, 0) is 16.1 Å². The average molecular weight is 349 g/mol. The summed E-state index contributed by atoms with van der Waals surface area (Å²) in [5, 5.41) is 7.49. The largest absolute Gasteiger partial charge is 0.369 e. The van der Waals surface area contributed by atoms with Gasteiger partial charge in [-0.25, -0.2) is 0 Å². The first kappa shape index (κ1) is 16.6. The summed E-state index contributed by atoms with van der Waals surface area (Å²) < 4.78 is 6.50. The third-order valence-corrected chi connectivity index (χ3v) is 6.39. The predicted octanol–water partition coefficient (Wildman–Crippen LogP) is 3.18. The molecule has 132 valence electrons. The molecule has 3 heterocycles. The molecular weight excluding hydrogens is 320 g/mol. The zero-order chi connectivity index (χ0) is 16.4. The molecule has 2 aliphatic heterocycles. The number of hydrogen-bond acceptors (Lipinski definition) is 4. The summed E-state index contributed by atoms with van der Waals surface area (Å²) in [6, 6.07) is 2.22. The molecule has 2 saturated heterocycles. The third-order valence-electron chi connectivity index (χ3n) is 5.65. The van der Waals surface area contributed by atoms with Crippen LogP contribution in [0.1, 0.15) is 50.5 Å². The van der Waals surface area contributed by atoms with Crippen molar-refractivity contribution in [3.05, 3.63) is 22.4 Å². The highest BCUT2D eigenvalue weighted by Crippen LogP contribution is 2.37. The van der Waals surface area contributed by atoms with Crippen molar-refractivity contribution in [1.29, 1.82) is 0 Å². The van der Waals surface area contributed by atoms with Crippen LogP contribution in [0.15, 0.2) is 16.8 Å². The van der Waals surface area contributed by atoms with Crippen LogP contribution in [0.4, 0.5) is 0 Å². The van der Waals surface area contributed by atoms with E-state index >= 15 is 0 Å². The van der Waals surface area contributed by atoms with Crippen molar-refractivity contribution in [3.8, 4) is 0 Å². The fourth-order valence-corrected chi connectivity index (χ4v) is 4.81. The van der Waals surface area contributed by atoms with Gasteiger partial charge in [0.2, 0.25) is 5.91 Å². The van der Waals surface area contributed by atoms with E-state index in [0.29, 0.717) is 18.9 Å². The number of rotatable bonds is 6. The molecule has 1 aliphatic carbocycles. The standard InChI is InChI=1S/C19H28N2O2S/c22-18(10-15-3-4-15)20-11-17-2-1-6-19(23-17)7-8-21(14-19)12-16-5-9-24-13-16/h5,9,13,15,17H,1-4,6-8,10-12,14H2,(H,20,22)/t17-,19+/m0/s1. The normalized spacial score (nSPS) is 30.8. The number of carbonyl (C=O) groups excluding carboxylic acids is 1. The predicted molar refractivity (Wildman–Crippen MR) is 96.0 cm³/mol. The van der Waals surface area contributed by atoms with E-state index in [9.17, 15) is 4.79 Å². The molecule has 3 fully saturated rings. The van der Waals surface area contributed by atoms with Crippen LogP contribution in [0, 0.1) is 5.92 Å². The van der Waals surface area contributed by atoms with Crippen LogP contribution in [-0.4, -0.2) is 42.1 Å². The van der Waals surface area contributed by atoms with E-state index in [1.807, 2.05) is 0 Å². The van der Waals surface area contributed by atoms with Gasteiger partial charge in [-0.3, -0.25) is 9.69 Å². The Morgan fingerprint density at radius 3 is 3.08 bits per heavy atom. The zero-order valence-corrected chi connectivity index (χ0v) is 15.2. The van der Waals surface area contributed by atoms with E-state index in [0.717, 1.165) is 32.5 Å². The summed E-state index contributed by atoms with van der Waals surface area (Å²) >= 11 is 1.77. The first-order valence-corrected chi connectivity index (χ1v) is 10.3. The summed E-state index contributed by atoms with van der Waals surface area (Å²) in [4.78, 5) is 14.4. The Morgan fingerprint density at radius 2 is 2.29 bits per heavy atom. The monoisotopic (exact) mass is 348 g/mol. The van der Waals surface area contributed by atoms with Crippen molar-refractivity contribution in [2.24, 2.45) is 5.92 Å². The molecule has 0 bridgehead atoms. The van der Waals surface area contributed by atoms with Crippen LogP contribution in [0.2, 0.25) is 0 Å². The fraction of sp³-hybridized carbons (Fsp3) is 0.737. The molecule has 1 saturated carbocycles. The average Bonchev–Trinajstić information content (AvgIpc) is 3.08. The van der Waals surface area contributed by atoms with Gasteiger partial charge in [-0.15, -0.1) is 0 Å². The second-order valence-corrected chi connectivity index (χ2v) is 8.64. The molecule has 2 atom stereocenters. The van der Waals surface area contributed by atoms with Crippen molar-refractivity contribution < 1.29 is 9.53 Å². The van der Waals surface area contributed by atoms with Crippen LogP contribution in [0.25, 0.3) is 0 Å². The van der Waals surface area contributed by atoms with E-state index in [2.05, 4.69) is 27.0 Å². The van der Waals surface area contributed by atoms with Gasteiger partial charge in [0.05, 0.1) is 11.7 Å². The van der Waals surface area contributed by atoms with Gasteiger partial charge < -0.3 is 10.1 Å². The Labute approximate surface area is 148 Å². The van der Waals surface area contributed by atoms with Crippen molar-refractivity contribution in [2.75, 3.05) is 19.6 Å². The van der Waals surface area contributed by atoms with E-state index in [4.69, 9.17) is 4.74 Å². The maximum Gasteiger partial charge on any atom is 0.220 e. The molecule has 4 rings (SSSR count). The van der Waals surface area contributed by atoms with E-state index in [1.165, 1.54) is 31.2 Å². The Balaban J connectivity index is 1.25. The smallest absolute Gasteiger partial charge is 0.220 e. The van der Waals surface area contributed by atoms with E-state index in [-0.39, 0.29) is 17.6 Å². The SMILES string of the molecule is O=C(CC1CC1)NC[C@@H]1CCC[C@]2(CCN(Cc3ccsc3)C2)O1. The van der Waals surface area contributed by atoms with Gasteiger partial charge in [-0.1, -0.05) is 0 Å². The first-order chi connectivity index (χ1) is 11.7. The van der Waals surface area contributed by atoms with Gasteiger partial charge in [0.1, 0.15) is 0 Å². The van der Waals surface area contributed by atoms with Gasteiger partial charge in [0.15, 0.2) is 0 Å². The number of carbonyl (C=O) groups is 1. The number of nitrogens with one attached hydrogen (secondary N) is 1. The van der Waals surface area contributed by atoms with Crippen LogP contribution in [0.3, 0.4) is 0 Å². The molecule has 1 aromatic rings. The highest BCUT2D eigenvalue weighted by Gasteiger charge is 2.42. The number of amides is 1. The maximum atomic E-state index is 11.9. The summed E-state index contributed by atoms with van der Waals surface area (Å²) in [5.74, 6) is 0.871. The molecule has 1 spiro atoms. The highest BCUT2D eigenvalue weighted by atomic mass is 32.1. The quantitative estimate of drug-likeness (QED) is 0.858. The molecule has 0 unspecified atom stereocenters. The number of thiophene rings is 1. The van der Waals surface area contributed by atoms with Gasteiger partial charge >= 0.3 is 0 Å². The maximum absolute atomic E-state index is 11.9. The van der Waals surface area contributed by atoms with Crippen molar-refractivity contribution >= 4 is 17.2 Å². The summed E-state index contributed by atoms with van der Waals surface area (Å²) in [5.41, 5.74) is 1.44. The van der Waals surface area contributed by atoms with Crippen LogP contribution in [0.5, 0.6) is 0 Å². The highest BCUT2D eigenvalue weighted by molar-refractivity contribution is 7.07. The second-order valence-electron chi connectivity index (χ2n) is 7.86. The fourth-order valence-electron chi connectivity index (χ4n) is 4.15. The molecular formula is C19H28N2O2S. The first-order valence-electron chi connectivity index (χ1n) is 9.39. The molecule has 3 aliphatic rings. The zero-order valence-electron chi connectivity index (χ0n) is 14.3. The van der Waals surface area contributed by atoms with Gasteiger partial charge in [-0.2, -0.15) is 11.3 Å². The molecule has 4 nitrogen and oxygen atoms in total. The lowest BCUT2D eigenvalue weighted by molar-refractivity contribution is -0.130. The lowest BCUT2D eigenvalue weighted by Gasteiger charge is -2.39. The lowest BCUT2D eigenvalue weighted by atomic mass is 9.90. The van der Waals surface area contributed by atoms with Crippen LogP contribution < -0.4 is 5.32 Å². The number of nitrogens with zero attached hydrogens (tertiary/aromatic N) is 1. The molecule has 1 N–H and O–H groups in total. The lowest BCUT2D eigenvalue weighted by Crippen LogP contribution is -2.46. The minimum absolute atomic E-state index is 0.0279. The molecule has 1 aromatic heterocycles. The van der Waals surface area contributed by atoms with E-state index in [1.54, 1.807) is 11.3 Å². The number of hydrogen-bond donors (Lipinski definition) is 1. The molecule has 0 aromatic carbocycles. The summed E-state index contributed by atoms with van der Waals surface area (Å²) in [7, 11) is 0. The Hall–Kier alpha value is -0.910. The van der Waals surface area contributed by atoms with Crippen molar-refractivity contribution in [1.82, 2.24) is 10.2 Å². The van der Waals surface area contributed by atoms with Gasteiger partial charge in [0, 0.05) is 32.6 Å². The van der Waals surface area contributed by atoms with Crippen molar-refractivity contribution in [3.63, 3.8) is 0 Å². The second kappa shape index (κ2) is 7.14. The van der Waals surface area contributed by atoms with Gasteiger partial charge in [0.25, 0.3) is 0 Å². The summed E-state index contributed by atoms with van der Waals surface area (Å²) in [6.07, 6.45) is 7.97. The van der Waals surface area contributed by atoms with Gasteiger partial charge in [-0.05, 0) is 66.8 Å². The molecule has 24 heavy (non-hydrogen) atoms. The third kappa shape index (κ3) is 4.19. The number of ether oxygens (including phenoxy) is 1. The number of likely N-dealkylation sites (tertiary alicyclic amines) is 1. The van der Waals surface area contributed by atoms with Crippen molar-refractivity contribution in [2.45, 2.75) is 63.2 Å². The molecule has 1 amide bonds. The minimum atomic E-state index is 0.0279. The Morgan fingerprint density at radius 1 is 1.38 bits per heavy atom. The minimum Gasteiger partial charge on any atom is -0.369 e. The topological polar surface area (TPSA) is 41.6 Å². The van der Waals surface area contributed by atoms with Crippen LogP contribution >= 0.6 is 11.3 Å². The Kier molecular flexibility index (Phi) is 4.93.